The second-order valence-electron chi connectivity index (χ2n) is 4.93. The van der Waals surface area contributed by atoms with Crippen LogP contribution in [-0.2, 0) is 6.42 Å². The van der Waals surface area contributed by atoms with E-state index in [0.717, 1.165) is 61.2 Å². The molecule has 1 aromatic rings. The van der Waals surface area contributed by atoms with E-state index >= 15 is 0 Å². The fourth-order valence-electron chi connectivity index (χ4n) is 2.51. The number of nitrogens with one attached hydrogen (secondary N) is 1. The van der Waals surface area contributed by atoms with Crippen molar-refractivity contribution in [3.05, 3.63) is 22.7 Å². The third kappa shape index (κ3) is 3.14. The molecule has 5 heteroatoms. The summed E-state index contributed by atoms with van der Waals surface area (Å²) in [6, 6.07) is 3.90. The van der Waals surface area contributed by atoms with E-state index in [-0.39, 0.29) is 0 Å². The SMILES string of the molecule is Clc1cc2c(cc1CCN1CCNCC1)OCCO2. The number of nitrogens with zero attached hydrogens (tertiary/aromatic N) is 1. The molecule has 0 radical (unpaired) electrons. The highest BCUT2D eigenvalue weighted by Crippen LogP contribution is 2.35. The molecular weight excluding hydrogens is 264 g/mol. The summed E-state index contributed by atoms with van der Waals surface area (Å²) in [7, 11) is 0. The van der Waals surface area contributed by atoms with Crippen LogP contribution in [0.1, 0.15) is 5.56 Å². The van der Waals surface area contributed by atoms with Gasteiger partial charge >= 0.3 is 0 Å². The molecule has 19 heavy (non-hydrogen) atoms. The summed E-state index contributed by atoms with van der Waals surface area (Å²) in [6.45, 7) is 6.64. The first kappa shape index (κ1) is 13.0. The monoisotopic (exact) mass is 282 g/mol. The Balaban J connectivity index is 1.66. The van der Waals surface area contributed by atoms with Crippen molar-refractivity contribution in [3.63, 3.8) is 0 Å². The van der Waals surface area contributed by atoms with Gasteiger partial charge in [0.1, 0.15) is 13.2 Å². The third-order valence-corrected chi connectivity index (χ3v) is 3.97. The van der Waals surface area contributed by atoms with E-state index in [9.17, 15) is 0 Å². The molecule has 0 saturated carbocycles. The predicted octanol–water partition coefficient (Wildman–Crippen LogP) is 1.56. The Hall–Kier alpha value is -0.970. The summed E-state index contributed by atoms with van der Waals surface area (Å²) in [5.41, 5.74) is 1.14. The number of ether oxygens (including phenoxy) is 2. The Morgan fingerprint density at radius 2 is 1.79 bits per heavy atom. The Labute approximate surface area is 118 Å². The minimum absolute atomic E-state index is 0.601. The number of hydrogen-bond donors (Lipinski definition) is 1. The molecular formula is C14H19ClN2O2. The van der Waals surface area contributed by atoms with Crippen LogP contribution < -0.4 is 14.8 Å². The van der Waals surface area contributed by atoms with Gasteiger partial charge in [0.05, 0.1) is 0 Å². The van der Waals surface area contributed by atoms with Gasteiger partial charge in [0.2, 0.25) is 0 Å². The summed E-state index contributed by atoms with van der Waals surface area (Å²) in [6.07, 6.45) is 0.954. The smallest absolute Gasteiger partial charge is 0.162 e. The number of rotatable bonds is 3. The average molecular weight is 283 g/mol. The van der Waals surface area contributed by atoms with Crippen LogP contribution in [0.3, 0.4) is 0 Å². The second kappa shape index (κ2) is 5.99. The number of fused-ring (bicyclic) bond motifs is 1. The summed E-state index contributed by atoms with van der Waals surface area (Å²) in [5, 5.41) is 4.14. The first-order valence-electron chi connectivity index (χ1n) is 6.84. The van der Waals surface area contributed by atoms with Gasteiger partial charge < -0.3 is 19.7 Å². The molecule has 0 atom stereocenters. The van der Waals surface area contributed by atoms with Gasteiger partial charge in [0.15, 0.2) is 11.5 Å². The maximum absolute atomic E-state index is 6.31. The molecule has 1 fully saturated rings. The lowest BCUT2D eigenvalue weighted by Gasteiger charge is -2.27. The molecule has 0 aliphatic carbocycles. The summed E-state index contributed by atoms with van der Waals surface area (Å²) >= 11 is 6.31. The van der Waals surface area contributed by atoms with Crippen molar-refractivity contribution >= 4 is 11.6 Å². The molecule has 4 nitrogen and oxygen atoms in total. The number of benzene rings is 1. The molecule has 0 spiro atoms. The maximum Gasteiger partial charge on any atom is 0.162 e. The highest BCUT2D eigenvalue weighted by atomic mass is 35.5. The quantitative estimate of drug-likeness (QED) is 0.912. The molecule has 2 heterocycles. The highest BCUT2D eigenvalue weighted by molar-refractivity contribution is 6.31. The summed E-state index contributed by atoms with van der Waals surface area (Å²) in [4.78, 5) is 2.46. The standard InChI is InChI=1S/C14H19ClN2O2/c15-12-10-14-13(18-7-8-19-14)9-11(12)1-4-17-5-2-16-3-6-17/h9-10,16H,1-8H2. The van der Waals surface area contributed by atoms with E-state index < -0.39 is 0 Å². The Morgan fingerprint density at radius 3 is 2.53 bits per heavy atom. The number of piperazine rings is 1. The van der Waals surface area contributed by atoms with E-state index in [4.69, 9.17) is 21.1 Å². The van der Waals surface area contributed by atoms with Gasteiger partial charge in [-0.2, -0.15) is 0 Å². The normalized spacial score (nSPS) is 19.4. The van der Waals surface area contributed by atoms with E-state index in [1.54, 1.807) is 0 Å². The van der Waals surface area contributed by atoms with Gasteiger partial charge in [-0.05, 0) is 18.1 Å². The van der Waals surface area contributed by atoms with Gasteiger partial charge in [-0.3, -0.25) is 0 Å². The first-order chi connectivity index (χ1) is 9.33. The van der Waals surface area contributed by atoms with Crippen LogP contribution in [0.15, 0.2) is 12.1 Å². The lowest BCUT2D eigenvalue weighted by molar-refractivity contribution is 0.171. The van der Waals surface area contributed by atoms with Crippen LogP contribution >= 0.6 is 11.6 Å². The van der Waals surface area contributed by atoms with Gasteiger partial charge in [-0.25, -0.2) is 0 Å². The molecule has 0 aromatic heterocycles. The zero-order chi connectivity index (χ0) is 13.1. The van der Waals surface area contributed by atoms with Crippen LogP contribution in [0.5, 0.6) is 11.5 Å². The zero-order valence-corrected chi connectivity index (χ0v) is 11.7. The Morgan fingerprint density at radius 1 is 1.11 bits per heavy atom. The van der Waals surface area contributed by atoms with Crippen LogP contribution in [0.4, 0.5) is 0 Å². The molecule has 104 valence electrons. The van der Waals surface area contributed by atoms with E-state index in [0.29, 0.717) is 13.2 Å². The molecule has 1 aromatic carbocycles. The fourth-order valence-corrected chi connectivity index (χ4v) is 2.76. The summed E-state index contributed by atoms with van der Waals surface area (Å²) < 4.78 is 11.1. The van der Waals surface area contributed by atoms with Crippen molar-refractivity contribution in [1.29, 1.82) is 0 Å². The second-order valence-corrected chi connectivity index (χ2v) is 5.34. The van der Waals surface area contributed by atoms with Gasteiger partial charge in [-0.1, -0.05) is 11.6 Å². The van der Waals surface area contributed by atoms with Crippen molar-refractivity contribution in [2.24, 2.45) is 0 Å². The Bertz CT molecular complexity index is 447. The molecule has 0 amide bonds. The average Bonchev–Trinajstić information content (AvgIpc) is 2.46. The zero-order valence-electron chi connectivity index (χ0n) is 11.0. The van der Waals surface area contributed by atoms with Gasteiger partial charge in [0.25, 0.3) is 0 Å². The predicted molar refractivity (Wildman–Crippen MR) is 75.5 cm³/mol. The lowest BCUT2D eigenvalue weighted by Crippen LogP contribution is -2.44. The van der Waals surface area contributed by atoms with Crippen molar-refractivity contribution < 1.29 is 9.47 Å². The van der Waals surface area contributed by atoms with E-state index in [1.165, 1.54) is 0 Å². The number of halogens is 1. The maximum atomic E-state index is 6.31. The van der Waals surface area contributed by atoms with Crippen molar-refractivity contribution in [1.82, 2.24) is 10.2 Å². The van der Waals surface area contributed by atoms with Crippen LogP contribution in [-0.4, -0.2) is 50.8 Å². The number of hydrogen-bond acceptors (Lipinski definition) is 4. The molecule has 3 rings (SSSR count). The molecule has 2 aliphatic heterocycles. The van der Waals surface area contributed by atoms with Crippen LogP contribution in [0, 0.1) is 0 Å². The first-order valence-corrected chi connectivity index (χ1v) is 7.22. The summed E-state index contributed by atoms with van der Waals surface area (Å²) in [5.74, 6) is 1.59. The van der Waals surface area contributed by atoms with Gasteiger partial charge in [-0.15, -0.1) is 0 Å². The van der Waals surface area contributed by atoms with Crippen LogP contribution in [0.2, 0.25) is 5.02 Å². The van der Waals surface area contributed by atoms with Crippen molar-refractivity contribution in [2.45, 2.75) is 6.42 Å². The van der Waals surface area contributed by atoms with Gasteiger partial charge in [0, 0.05) is 43.8 Å². The van der Waals surface area contributed by atoms with Crippen molar-refractivity contribution in [2.75, 3.05) is 45.9 Å². The van der Waals surface area contributed by atoms with E-state index in [1.807, 2.05) is 12.1 Å². The molecule has 0 unspecified atom stereocenters. The highest BCUT2D eigenvalue weighted by Gasteiger charge is 2.16. The topological polar surface area (TPSA) is 33.7 Å². The minimum Gasteiger partial charge on any atom is -0.486 e. The third-order valence-electron chi connectivity index (χ3n) is 3.62. The lowest BCUT2D eigenvalue weighted by atomic mass is 10.1. The minimum atomic E-state index is 0.601. The molecule has 0 bridgehead atoms. The molecule has 2 aliphatic rings. The van der Waals surface area contributed by atoms with Crippen molar-refractivity contribution in [3.8, 4) is 11.5 Å². The van der Waals surface area contributed by atoms with Crippen LogP contribution in [0.25, 0.3) is 0 Å². The Kier molecular flexibility index (Phi) is 4.11. The van der Waals surface area contributed by atoms with E-state index in [2.05, 4.69) is 10.2 Å². The molecule has 1 saturated heterocycles. The largest absolute Gasteiger partial charge is 0.486 e. The fraction of sp³-hybridized carbons (Fsp3) is 0.571. The molecule has 1 N–H and O–H groups in total.